The van der Waals surface area contributed by atoms with Crippen LogP contribution in [0.15, 0.2) is 41.4 Å². The van der Waals surface area contributed by atoms with Gasteiger partial charge < -0.3 is 5.73 Å². The molecule has 110 valence electrons. The van der Waals surface area contributed by atoms with Crippen molar-refractivity contribution in [2.75, 3.05) is 6.54 Å². The van der Waals surface area contributed by atoms with E-state index < -0.39 is 10.0 Å². The Labute approximate surface area is 124 Å². The molecule has 0 radical (unpaired) electrons. The zero-order valence-electron chi connectivity index (χ0n) is 11.6. The lowest BCUT2D eigenvalue weighted by Crippen LogP contribution is -2.23. The number of hydrogen-bond acceptors (Lipinski definition) is 4. The lowest BCUT2D eigenvalue weighted by Gasteiger charge is -2.05. The van der Waals surface area contributed by atoms with Crippen molar-refractivity contribution < 1.29 is 8.42 Å². The van der Waals surface area contributed by atoms with Gasteiger partial charge in [0.25, 0.3) is 0 Å². The van der Waals surface area contributed by atoms with Crippen molar-refractivity contribution in [3.63, 3.8) is 0 Å². The summed E-state index contributed by atoms with van der Waals surface area (Å²) in [5.74, 6) is 5.55. The molecule has 0 unspecified atom stereocenters. The van der Waals surface area contributed by atoms with Crippen molar-refractivity contribution in [1.82, 2.24) is 14.5 Å². The maximum absolute atomic E-state index is 12.1. The van der Waals surface area contributed by atoms with Gasteiger partial charge in [-0.2, -0.15) is 5.10 Å². The summed E-state index contributed by atoms with van der Waals surface area (Å²) in [7, 11) is -1.78. The van der Waals surface area contributed by atoms with Crippen LogP contribution in [0.4, 0.5) is 0 Å². The molecule has 0 aliphatic rings. The van der Waals surface area contributed by atoms with Gasteiger partial charge in [-0.25, -0.2) is 13.1 Å². The Hall–Kier alpha value is -2.14. The van der Waals surface area contributed by atoms with E-state index in [0.717, 1.165) is 5.56 Å². The highest BCUT2D eigenvalue weighted by Gasteiger charge is 2.13. The van der Waals surface area contributed by atoms with Crippen LogP contribution in [0.25, 0.3) is 0 Å². The molecule has 3 N–H and O–H groups in total. The number of rotatable bonds is 4. The van der Waals surface area contributed by atoms with Crippen LogP contribution in [0.1, 0.15) is 11.3 Å². The van der Waals surface area contributed by atoms with Crippen molar-refractivity contribution >= 4 is 10.0 Å². The number of benzene rings is 1. The second-order valence-corrected chi connectivity index (χ2v) is 6.10. The molecule has 21 heavy (non-hydrogen) atoms. The molecule has 7 heteroatoms. The highest BCUT2D eigenvalue weighted by Crippen LogP contribution is 2.10. The van der Waals surface area contributed by atoms with Crippen LogP contribution in [0.5, 0.6) is 0 Å². The Kier molecular flexibility index (Phi) is 4.75. The minimum Gasteiger partial charge on any atom is -0.320 e. The van der Waals surface area contributed by atoms with Gasteiger partial charge in [0.05, 0.1) is 23.7 Å². The number of nitrogens with one attached hydrogen (secondary N) is 1. The maximum atomic E-state index is 12.1. The van der Waals surface area contributed by atoms with Gasteiger partial charge in [-0.05, 0) is 30.3 Å². The minimum absolute atomic E-state index is 0.151. The number of nitrogens with zero attached hydrogens (tertiary/aromatic N) is 2. The molecule has 0 atom stereocenters. The SMILES string of the molecule is Cn1ccc(CNS(=O)(=O)c2ccc(C#CCN)cc2)n1. The third-order valence-corrected chi connectivity index (χ3v) is 4.13. The van der Waals surface area contributed by atoms with Gasteiger partial charge in [0.1, 0.15) is 0 Å². The molecule has 0 fully saturated rings. The normalized spacial score (nSPS) is 11.0. The molecule has 0 aliphatic carbocycles. The van der Waals surface area contributed by atoms with E-state index in [-0.39, 0.29) is 18.0 Å². The van der Waals surface area contributed by atoms with E-state index in [2.05, 4.69) is 21.7 Å². The van der Waals surface area contributed by atoms with Crippen LogP contribution in [-0.2, 0) is 23.6 Å². The molecule has 1 aromatic heterocycles. The first-order valence-corrected chi connectivity index (χ1v) is 7.77. The van der Waals surface area contributed by atoms with E-state index in [0.29, 0.717) is 5.69 Å². The third-order valence-electron chi connectivity index (χ3n) is 2.71. The van der Waals surface area contributed by atoms with Crippen LogP contribution < -0.4 is 10.5 Å². The Morgan fingerprint density at radius 3 is 2.57 bits per heavy atom. The molecule has 0 spiro atoms. The summed E-state index contributed by atoms with van der Waals surface area (Å²) in [6.45, 7) is 0.420. The molecule has 1 heterocycles. The van der Waals surface area contributed by atoms with Crippen molar-refractivity contribution in [1.29, 1.82) is 0 Å². The highest BCUT2D eigenvalue weighted by molar-refractivity contribution is 7.89. The molecule has 0 bridgehead atoms. The van der Waals surface area contributed by atoms with Crippen LogP contribution >= 0.6 is 0 Å². The smallest absolute Gasteiger partial charge is 0.240 e. The van der Waals surface area contributed by atoms with Gasteiger partial charge in [0.15, 0.2) is 0 Å². The molecular weight excluding hydrogens is 288 g/mol. The third kappa shape index (κ3) is 4.16. The van der Waals surface area contributed by atoms with Gasteiger partial charge >= 0.3 is 0 Å². The molecular formula is C14H16N4O2S. The van der Waals surface area contributed by atoms with Crippen LogP contribution in [-0.4, -0.2) is 24.7 Å². The monoisotopic (exact) mass is 304 g/mol. The summed E-state index contributed by atoms with van der Waals surface area (Å²) in [5, 5.41) is 4.11. The molecule has 1 aromatic carbocycles. The van der Waals surface area contributed by atoms with Gasteiger partial charge in [-0.1, -0.05) is 11.8 Å². The van der Waals surface area contributed by atoms with Gasteiger partial charge in [-0.15, -0.1) is 0 Å². The van der Waals surface area contributed by atoms with Gasteiger partial charge in [-0.3, -0.25) is 4.68 Å². The first-order chi connectivity index (χ1) is 10.0. The van der Waals surface area contributed by atoms with E-state index >= 15 is 0 Å². The van der Waals surface area contributed by atoms with Crippen LogP contribution in [0.3, 0.4) is 0 Å². The fraction of sp³-hybridized carbons (Fsp3) is 0.214. The fourth-order valence-corrected chi connectivity index (χ4v) is 2.68. The van der Waals surface area contributed by atoms with E-state index in [1.165, 1.54) is 12.1 Å². The summed E-state index contributed by atoms with van der Waals surface area (Å²) >= 11 is 0. The minimum atomic E-state index is -3.56. The fourth-order valence-electron chi connectivity index (χ4n) is 1.68. The second-order valence-electron chi connectivity index (χ2n) is 4.34. The molecule has 0 saturated heterocycles. The van der Waals surface area contributed by atoms with E-state index in [9.17, 15) is 8.42 Å². The van der Waals surface area contributed by atoms with Crippen LogP contribution in [0, 0.1) is 11.8 Å². The number of nitrogens with two attached hydrogens (primary N) is 1. The van der Waals surface area contributed by atoms with E-state index in [1.54, 1.807) is 36.1 Å². The van der Waals surface area contributed by atoms with E-state index in [1.807, 2.05) is 0 Å². The lowest BCUT2D eigenvalue weighted by molar-refractivity contribution is 0.579. The van der Waals surface area contributed by atoms with Crippen LogP contribution in [0.2, 0.25) is 0 Å². The van der Waals surface area contributed by atoms with Crippen molar-refractivity contribution in [2.24, 2.45) is 12.8 Å². The standard InChI is InChI=1S/C14H16N4O2S/c1-18-10-8-13(17-18)11-16-21(19,20)14-6-4-12(5-7-14)3-2-9-15/h4-8,10,16H,9,11,15H2,1H3. The number of aryl methyl sites for hydroxylation is 1. The maximum Gasteiger partial charge on any atom is 0.240 e. The molecule has 0 aliphatic heterocycles. The lowest BCUT2D eigenvalue weighted by atomic mass is 10.2. The molecule has 0 saturated carbocycles. The summed E-state index contributed by atoms with van der Waals surface area (Å²) in [6.07, 6.45) is 1.76. The predicted molar refractivity (Wildman–Crippen MR) is 79.6 cm³/mol. The van der Waals surface area contributed by atoms with Crippen molar-refractivity contribution in [3.8, 4) is 11.8 Å². The summed E-state index contributed by atoms with van der Waals surface area (Å²) < 4.78 is 28.4. The first kappa shape index (κ1) is 15.3. The number of aromatic nitrogens is 2. The quantitative estimate of drug-likeness (QED) is 0.790. The Morgan fingerprint density at radius 1 is 1.29 bits per heavy atom. The Bertz CT molecular complexity index is 767. The number of sulfonamides is 1. The molecule has 2 aromatic rings. The molecule has 0 amide bonds. The average Bonchev–Trinajstić information content (AvgIpc) is 2.89. The van der Waals surface area contributed by atoms with Crippen molar-refractivity contribution in [3.05, 3.63) is 47.8 Å². The summed E-state index contributed by atoms with van der Waals surface area (Å²) in [4.78, 5) is 0.191. The second kappa shape index (κ2) is 6.54. The van der Waals surface area contributed by atoms with Gasteiger partial charge in [0.2, 0.25) is 10.0 Å². The topological polar surface area (TPSA) is 90.0 Å². The summed E-state index contributed by atoms with van der Waals surface area (Å²) in [5.41, 5.74) is 6.67. The Balaban J connectivity index is 2.08. The zero-order chi connectivity index (χ0) is 15.3. The average molecular weight is 304 g/mol. The first-order valence-electron chi connectivity index (χ1n) is 6.28. The number of hydrogen-bond donors (Lipinski definition) is 2. The van der Waals surface area contributed by atoms with Crippen molar-refractivity contribution in [2.45, 2.75) is 11.4 Å². The zero-order valence-corrected chi connectivity index (χ0v) is 12.4. The largest absolute Gasteiger partial charge is 0.320 e. The molecule has 2 rings (SSSR count). The predicted octanol–water partition coefficient (Wildman–Crippen LogP) is 0.209. The van der Waals surface area contributed by atoms with E-state index in [4.69, 9.17) is 5.73 Å². The molecule has 6 nitrogen and oxygen atoms in total. The Morgan fingerprint density at radius 2 is 2.00 bits per heavy atom. The summed E-state index contributed by atoms with van der Waals surface area (Å²) in [6, 6.07) is 8.09. The van der Waals surface area contributed by atoms with Gasteiger partial charge in [0, 0.05) is 18.8 Å². The highest BCUT2D eigenvalue weighted by atomic mass is 32.2.